The van der Waals surface area contributed by atoms with Gasteiger partial charge in [-0.05, 0) is 37.3 Å². The minimum Gasteiger partial charge on any atom is -0.370 e. The fourth-order valence-corrected chi connectivity index (χ4v) is 3.30. The van der Waals surface area contributed by atoms with Crippen LogP contribution in [0.4, 0.5) is 5.69 Å². The maximum atomic E-state index is 11.7. The molecule has 17 heavy (non-hydrogen) atoms. The van der Waals surface area contributed by atoms with Crippen LogP contribution in [0.1, 0.15) is 23.7 Å². The summed E-state index contributed by atoms with van der Waals surface area (Å²) in [5.74, 6) is 2.51. The van der Waals surface area contributed by atoms with Crippen molar-refractivity contribution in [3.63, 3.8) is 0 Å². The van der Waals surface area contributed by atoms with Crippen LogP contribution in [0.25, 0.3) is 0 Å². The molecule has 0 spiro atoms. The van der Waals surface area contributed by atoms with Crippen LogP contribution in [0, 0.1) is 0 Å². The van der Waals surface area contributed by atoms with Crippen LogP contribution in [0.15, 0.2) is 22.7 Å². The molecule has 4 heteroatoms. The lowest BCUT2D eigenvalue weighted by Crippen LogP contribution is -2.27. The Hall–Kier alpha value is -0.480. The quantitative estimate of drug-likeness (QED) is 0.778. The Morgan fingerprint density at radius 1 is 1.35 bits per heavy atom. The van der Waals surface area contributed by atoms with E-state index in [-0.39, 0.29) is 5.78 Å². The molecule has 0 aromatic heterocycles. The van der Waals surface area contributed by atoms with Crippen LogP contribution in [0.3, 0.4) is 0 Å². The van der Waals surface area contributed by atoms with Gasteiger partial charge in [-0.1, -0.05) is 15.9 Å². The highest BCUT2D eigenvalue weighted by Gasteiger charge is 2.16. The van der Waals surface area contributed by atoms with Crippen LogP contribution < -0.4 is 4.90 Å². The molecule has 2 nitrogen and oxygen atoms in total. The van der Waals surface area contributed by atoms with Crippen molar-refractivity contribution < 1.29 is 4.79 Å². The number of hydrogen-bond donors (Lipinski definition) is 0. The molecule has 0 N–H and O–H groups in total. The predicted molar refractivity (Wildman–Crippen MR) is 78.3 cm³/mol. The van der Waals surface area contributed by atoms with Gasteiger partial charge in [0.15, 0.2) is 5.78 Å². The first-order chi connectivity index (χ1) is 8.18. The van der Waals surface area contributed by atoms with Gasteiger partial charge in [0.25, 0.3) is 0 Å². The van der Waals surface area contributed by atoms with Crippen molar-refractivity contribution in [3.05, 3.63) is 28.2 Å². The third-order valence-corrected chi connectivity index (χ3v) is 4.44. The van der Waals surface area contributed by atoms with Crippen molar-refractivity contribution in [1.82, 2.24) is 0 Å². The highest BCUT2D eigenvalue weighted by molar-refractivity contribution is 9.10. The summed E-state index contributed by atoms with van der Waals surface area (Å²) in [6.45, 7) is 3.72. The number of halogens is 1. The van der Waals surface area contributed by atoms with Gasteiger partial charge in [0.2, 0.25) is 0 Å². The zero-order valence-electron chi connectivity index (χ0n) is 9.91. The standard InChI is InChI=1S/C13H16BrNOS/c1-10(16)12-9-11(14)3-4-13(12)15-5-2-7-17-8-6-15/h3-4,9H,2,5-8H2,1H3. The van der Waals surface area contributed by atoms with Crippen molar-refractivity contribution in [2.75, 3.05) is 29.5 Å². The van der Waals surface area contributed by atoms with Crippen LogP contribution in [-0.4, -0.2) is 30.4 Å². The normalized spacial score (nSPS) is 16.7. The minimum absolute atomic E-state index is 0.137. The van der Waals surface area contributed by atoms with Gasteiger partial charge in [0.05, 0.1) is 0 Å². The zero-order valence-corrected chi connectivity index (χ0v) is 12.3. The van der Waals surface area contributed by atoms with Gasteiger partial charge in [-0.25, -0.2) is 0 Å². The Balaban J connectivity index is 2.32. The van der Waals surface area contributed by atoms with Gasteiger partial charge in [0.1, 0.15) is 0 Å². The molecule has 1 fully saturated rings. The van der Waals surface area contributed by atoms with Crippen molar-refractivity contribution in [2.45, 2.75) is 13.3 Å². The van der Waals surface area contributed by atoms with Crippen LogP contribution in [-0.2, 0) is 0 Å². The van der Waals surface area contributed by atoms with Gasteiger partial charge in [-0.2, -0.15) is 11.8 Å². The van der Waals surface area contributed by atoms with Crippen molar-refractivity contribution in [2.24, 2.45) is 0 Å². The van der Waals surface area contributed by atoms with Crippen LogP contribution in [0.5, 0.6) is 0 Å². The first-order valence-electron chi connectivity index (χ1n) is 5.81. The van der Waals surface area contributed by atoms with E-state index in [0.29, 0.717) is 0 Å². The third-order valence-electron chi connectivity index (χ3n) is 2.90. The van der Waals surface area contributed by atoms with Gasteiger partial charge in [-0.3, -0.25) is 4.79 Å². The molecule has 1 heterocycles. The molecular weight excluding hydrogens is 298 g/mol. The minimum atomic E-state index is 0.137. The fraction of sp³-hybridized carbons (Fsp3) is 0.462. The van der Waals surface area contributed by atoms with E-state index in [1.165, 1.54) is 12.2 Å². The molecule has 0 bridgehead atoms. The maximum Gasteiger partial charge on any atom is 0.161 e. The summed E-state index contributed by atoms with van der Waals surface area (Å²) >= 11 is 5.42. The molecule has 1 aromatic carbocycles. The number of carbonyl (C=O) groups excluding carboxylic acids is 1. The smallest absolute Gasteiger partial charge is 0.161 e. The second-order valence-electron chi connectivity index (χ2n) is 4.17. The number of ketones is 1. The first-order valence-corrected chi connectivity index (χ1v) is 7.76. The number of carbonyl (C=O) groups is 1. The largest absolute Gasteiger partial charge is 0.370 e. The second-order valence-corrected chi connectivity index (χ2v) is 6.31. The topological polar surface area (TPSA) is 20.3 Å². The maximum absolute atomic E-state index is 11.7. The molecule has 0 saturated carbocycles. The van der Waals surface area contributed by atoms with E-state index in [0.717, 1.165) is 34.6 Å². The Morgan fingerprint density at radius 2 is 2.18 bits per heavy atom. The number of Topliss-reactive ketones (excluding diaryl/α,β-unsaturated/α-hetero) is 1. The summed E-state index contributed by atoms with van der Waals surface area (Å²) in [5.41, 5.74) is 1.91. The molecule has 92 valence electrons. The summed E-state index contributed by atoms with van der Waals surface area (Å²) in [6.07, 6.45) is 1.19. The summed E-state index contributed by atoms with van der Waals surface area (Å²) in [6, 6.07) is 5.99. The lowest BCUT2D eigenvalue weighted by molar-refractivity contribution is 0.101. The Bertz CT molecular complexity index is 414. The van der Waals surface area contributed by atoms with E-state index in [2.05, 4.69) is 26.9 Å². The SMILES string of the molecule is CC(=O)c1cc(Br)ccc1N1CCCSCC1. The number of anilines is 1. The molecule has 1 saturated heterocycles. The van der Waals surface area contributed by atoms with E-state index >= 15 is 0 Å². The average molecular weight is 314 g/mol. The second kappa shape index (κ2) is 5.91. The number of rotatable bonds is 2. The van der Waals surface area contributed by atoms with E-state index in [1.807, 2.05) is 23.9 Å². The number of nitrogens with zero attached hydrogens (tertiary/aromatic N) is 1. The number of hydrogen-bond acceptors (Lipinski definition) is 3. The predicted octanol–water partition coefficient (Wildman–Crippen LogP) is 3.60. The third kappa shape index (κ3) is 3.26. The molecule has 2 rings (SSSR count). The number of thioether (sulfide) groups is 1. The molecule has 0 atom stereocenters. The summed E-state index contributed by atoms with van der Waals surface area (Å²) in [7, 11) is 0. The molecule has 1 aliphatic rings. The van der Waals surface area contributed by atoms with Crippen molar-refractivity contribution >= 4 is 39.2 Å². The summed E-state index contributed by atoms with van der Waals surface area (Å²) in [4.78, 5) is 14.0. The summed E-state index contributed by atoms with van der Waals surface area (Å²) in [5, 5.41) is 0. The Labute approximate surface area is 115 Å². The monoisotopic (exact) mass is 313 g/mol. The van der Waals surface area contributed by atoms with Crippen LogP contribution >= 0.6 is 27.7 Å². The zero-order chi connectivity index (χ0) is 12.3. The lowest BCUT2D eigenvalue weighted by Gasteiger charge is -2.24. The first kappa shape index (κ1) is 13.0. The molecular formula is C13H16BrNOS. The molecule has 0 radical (unpaired) electrons. The van der Waals surface area contributed by atoms with Crippen LogP contribution in [0.2, 0.25) is 0 Å². The van der Waals surface area contributed by atoms with Crippen molar-refractivity contribution in [1.29, 1.82) is 0 Å². The molecule has 0 aliphatic carbocycles. The van der Waals surface area contributed by atoms with E-state index in [1.54, 1.807) is 6.92 Å². The van der Waals surface area contributed by atoms with Gasteiger partial charge >= 0.3 is 0 Å². The summed E-state index contributed by atoms with van der Waals surface area (Å²) < 4.78 is 0.968. The highest BCUT2D eigenvalue weighted by atomic mass is 79.9. The molecule has 1 aromatic rings. The van der Waals surface area contributed by atoms with Gasteiger partial charge in [-0.15, -0.1) is 0 Å². The average Bonchev–Trinajstić information content (AvgIpc) is 2.57. The molecule has 0 unspecified atom stereocenters. The van der Waals surface area contributed by atoms with E-state index in [9.17, 15) is 4.79 Å². The fourth-order valence-electron chi connectivity index (χ4n) is 2.05. The highest BCUT2D eigenvalue weighted by Crippen LogP contribution is 2.27. The molecule has 0 amide bonds. The van der Waals surface area contributed by atoms with Crippen molar-refractivity contribution in [3.8, 4) is 0 Å². The van der Waals surface area contributed by atoms with E-state index < -0.39 is 0 Å². The molecule has 1 aliphatic heterocycles. The Morgan fingerprint density at radius 3 is 2.94 bits per heavy atom. The lowest BCUT2D eigenvalue weighted by atomic mass is 10.1. The van der Waals surface area contributed by atoms with Gasteiger partial charge < -0.3 is 4.90 Å². The van der Waals surface area contributed by atoms with Gasteiger partial charge in [0, 0.05) is 34.6 Å². The number of benzene rings is 1. The van der Waals surface area contributed by atoms with E-state index in [4.69, 9.17) is 0 Å². The Kier molecular flexibility index (Phi) is 4.51.